The van der Waals surface area contributed by atoms with Gasteiger partial charge in [-0.3, -0.25) is 5.43 Å². The van der Waals surface area contributed by atoms with Crippen molar-refractivity contribution in [1.82, 2.24) is 14.9 Å². The van der Waals surface area contributed by atoms with Gasteiger partial charge in [-0.1, -0.05) is 12.1 Å². The SMILES string of the molecule is N#Cc1ccc(C(O)Nn2cnnc2)cc1. The van der Waals surface area contributed by atoms with Crippen LogP contribution in [0.25, 0.3) is 0 Å². The topological polar surface area (TPSA) is 86.8 Å². The quantitative estimate of drug-likeness (QED) is 0.723. The van der Waals surface area contributed by atoms with Crippen LogP contribution in [0, 0.1) is 11.3 Å². The van der Waals surface area contributed by atoms with Gasteiger partial charge in [-0.15, -0.1) is 10.2 Å². The van der Waals surface area contributed by atoms with Gasteiger partial charge in [-0.25, -0.2) is 4.68 Å². The molecule has 0 aliphatic carbocycles. The highest BCUT2D eigenvalue weighted by atomic mass is 16.3. The first-order chi connectivity index (χ1) is 7.79. The fourth-order valence-corrected chi connectivity index (χ4v) is 1.22. The molecule has 80 valence electrons. The Morgan fingerprint density at radius 1 is 1.25 bits per heavy atom. The molecule has 0 spiro atoms. The average Bonchev–Trinajstić information content (AvgIpc) is 2.82. The minimum absolute atomic E-state index is 0.556. The van der Waals surface area contributed by atoms with E-state index >= 15 is 0 Å². The highest BCUT2D eigenvalue weighted by Gasteiger charge is 2.06. The van der Waals surface area contributed by atoms with Crippen LogP contribution in [0.4, 0.5) is 0 Å². The largest absolute Gasteiger partial charge is 0.368 e. The Balaban J connectivity index is 2.09. The lowest BCUT2D eigenvalue weighted by atomic mass is 10.1. The molecule has 16 heavy (non-hydrogen) atoms. The fourth-order valence-electron chi connectivity index (χ4n) is 1.22. The maximum Gasteiger partial charge on any atom is 0.164 e. The van der Waals surface area contributed by atoms with Crippen LogP contribution in [0.5, 0.6) is 0 Å². The lowest BCUT2D eigenvalue weighted by Crippen LogP contribution is -2.19. The summed E-state index contributed by atoms with van der Waals surface area (Å²) in [4.78, 5) is 0. The van der Waals surface area contributed by atoms with Gasteiger partial charge in [0.15, 0.2) is 6.23 Å². The molecule has 6 heteroatoms. The number of nitrogens with zero attached hydrogens (tertiary/aromatic N) is 4. The number of nitrogens with one attached hydrogen (secondary N) is 1. The van der Waals surface area contributed by atoms with E-state index < -0.39 is 6.23 Å². The molecule has 1 heterocycles. The molecule has 0 aliphatic heterocycles. The monoisotopic (exact) mass is 215 g/mol. The Morgan fingerprint density at radius 2 is 1.88 bits per heavy atom. The summed E-state index contributed by atoms with van der Waals surface area (Å²) in [5.41, 5.74) is 3.96. The maximum atomic E-state index is 9.79. The van der Waals surface area contributed by atoms with Crippen LogP contribution < -0.4 is 5.43 Å². The highest BCUT2D eigenvalue weighted by Crippen LogP contribution is 2.11. The van der Waals surface area contributed by atoms with Gasteiger partial charge in [-0.05, 0) is 12.1 Å². The first-order valence-corrected chi connectivity index (χ1v) is 4.59. The van der Waals surface area contributed by atoms with Gasteiger partial charge >= 0.3 is 0 Å². The molecular weight excluding hydrogens is 206 g/mol. The van der Waals surface area contributed by atoms with Gasteiger partial charge in [0.25, 0.3) is 0 Å². The predicted octanol–water partition coefficient (Wildman–Crippen LogP) is 0.384. The van der Waals surface area contributed by atoms with Crippen molar-refractivity contribution in [2.45, 2.75) is 6.23 Å². The molecule has 2 N–H and O–H groups in total. The summed E-state index contributed by atoms with van der Waals surface area (Å²) in [7, 11) is 0. The van der Waals surface area contributed by atoms with Crippen LogP contribution in [0.3, 0.4) is 0 Å². The molecule has 0 fully saturated rings. The van der Waals surface area contributed by atoms with Crippen molar-refractivity contribution in [1.29, 1.82) is 5.26 Å². The molecule has 0 radical (unpaired) electrons. The van der Waals surface area contributed by atoms with Gasteiger partial charge < -0.3 is 5.11 Å². The van der Waals surface area contributed by atoms with E-state index in [1.165, 1.54) is 17.3 Å². The van der Waals surface area contributed by atoms with Crippen molar-refractivity contribution in [3.8, 4) is 6.07 Å². The Morgan fingerprint density at radius 3 is 2.44 bits per heavy atom. The average molecular weight is 215 g/mol. The van der Waals surface area contributed by atoms with E-state index in [2.05, 4.69) is 15.6 Å². The van der Waals surface area contributed by atoms with E-state index in [-0.39, 0.29) is 0 Å². The Hall–Kier alpha value is -2.39. The molecule has 1 aromatic heterocycles. The van der Waals surface area contributed by atoms with Crippen LogP contribution in [0.1, 0.15) is 17.4 Å². The molecule has 0 amide bonds. The molecular formula is C10H9N5O. The third-order valence-electron chi connectivity index (χ3n) is 2.05. The minimum atomic E-state index is -0.872. The second-order valence-corrected chi connectivity index (χ2v) is 3.13. The van der Waals surface area contributed by atoms with Crippen molar-refractivity contribution < 1.29 is 5.11 Å². The molecule has 0 saturated heterocycles. The normalized spacial score (nSPS) is 11.8. The molecule has 6 nitrogen and oxygen atoms in total. The van der Waals surface area contributed by atoms with Crippen molar-refractivity contribution in [2.24, 2.45) is 0 Å². The predicted molar refractivity (Wildman–Crippen MR) is 55.5 cm³/mol. The number of hydrogen-bond donors (Lipinski definition) is 2. The summed E-state index contributed by atoms with van der Waals surface area (Å²) in [6.07, 6.45) is 2.00. The van der Waals surface area contributed by atoms with E-state index in [4.69, 9.17) is 5.26 Å². The summed E-state index contributed by atoms with van der Waals surface area (Å²) in [6, 6.07) is 8.66. The third-order valence-corrected chi connectivity index (χ3v) is 2.05. The smallest absolute Gasteiger partial charge is 0.164 e. The van der Waals surface area contributed by atoms with Gasteiger partial charge in [0.2, 0.25) is 0 Å². The third kappa shape index (κ3) is 2.16. The van der Waals surface area contributed by atoms with Crippen molar-refractivity contribution in [3.63, 3.8) is 0 Å². The first kappa shape index (κ1) is 10.1. The number of benzene rings is 1. The van der Waals surface area contributed by atoms with Crippen LogP contribution in [0.15, 0.2) is 36.9 Å². The Kier molecular flexibility index (Phi) is 2.80. The summed E-state index contributed by atoms with van der Waals surface area (Å²) in [5, 5.41) is 25.6. The summed E-state index contributed by atoms with van der Waals surface area (Å²) in [5.74, 6) is 0. The summed E-state index contributed by atoms with van der Waals surface area (Å²) >= 11 is 0. The van der Waals surface area contributed by atoms with E-state index in [0.717, 1.165) is 0 Å². The number of aromatic nitrogens is 3. The van der Waals surface area contributed by atoms with Crippen LogP contribution in [-0.4, -0.2) is 20.0 Å². The second kappa shape index (κ2) is 4.42. The second-order valence-electron chi connectivity index (χ2n) is 3.13. The molecule has 0 bridgehead atoms. The Labute approximate surface area is 91.8 Å². The van der Waals surface area contributed by atoms with Crippen molar-refractivity contribution in [2.75, 3.05) is 5.43 Å². The molecule has 0 aliphatic rings. The van der Waals surface area contributed by atoms with Gasteiger partial charge in [0.1, 0.15) is 12.7 Å². The van der Waals surface area contributed by atoms with E-state index in [9.17, 15) is 5.11 Å². The van der Waals surface area contributed by atoms with E-state index in [0.29, 0.717) is 11.1 Å². The molecule has 1 atom stereocenters. The first-order valence-electron chi connectivity index (χ1n) is 4.59. The zero-order chi connectivity index (χ0) is 11.4. The molecule has 2 rings (SSSR count). The van der Waals surface area contributed by atoms with Gasteiger partial charge in [-0.2, -0.15) is 5.26 Å². The lowest BCUT2D eigenvalue weighted by molar-refractivity contribution is 0.191. The standard InChI is InChI=1S/C10H9N5O/c11-5-8-1-3-9(4-2-8)10(16)14-15-6-12-13-7-15/h1-4,6-7,10,14,16H. The number of aliphatic hydroxyl groups is 1. The molecule has 0 saturated carbocycles. The number of nitriles is 1. The summed E-state index contributed by atoms with van der Waals surface area (Å²) < 4.78 is 1.45. The number of hydrogen-bond acceptors (Lipinski definition) is 5. The maximum absolute atomic E-state index is 9.79. The van der Waals surface area contributed by atoms with Crippen LogP contribution >= 0.6 is 0 Å². The minimum Gasteiger partial charge on any atom is -0.368 e. The molecule has 1 aromatic carbocycles. The van der Waals surface area contributed by atoms with Crippen molar-refractivity contribution in [3.05, 3.63) is 48.0 Å². The number of rotatable bonds is 3. The molecule has 1 unspecified atom stereocenters. The van der Waals surface area contributed by atoms with E-state index in [1.54, 1.807) is 24.3 Å². The molecule has 2 aromatic rings. The Bertz CT molecular complexity index is 485. The van der Waals surface area contributed by atoms with Gasteiger partial charge in [0.05, 0.1) is 11.6 Å². The number of aliphatic hydroxyl groups excluding tert-OH is 1. The van der Waals surface area contributed by atoms with Crippen molar-refractivity contribution >= 4 is 0 Å². The van der Waals surface area contributed by atoms with Crippen LogP contribution in [-0.2, 0) is 0 Å². The highest BCUT2D eigenvalue weighted by molar-refractivity contribution is 5.32. The lowest BCUT2D eigenvalue weighted by Gasteiger charge is -2.13. The summed E-state index contributed by atoms with van der Waals surface area (Å²) in [6.45, 7) is 0. The fraction of sp³-hybridized carbons (Fsp3) is 0.100. The zero-order valence-electron chi connectivity index (χ0n) is 8.28. The van der Waals surface area contributed by atoms with Crippen LogP contribution in [0.2, 0.25) is 0 Å². The van der Waals surface area contributed by atoms with E-state index in [1.807, 2.05) is 6.07 Å². The van der Waals surface area contributed by atoms with Gasteiger partial charge in [0, 0.05) is 5.56 Å². The zero-order valence-corrected chi connectivity index (χ0v) is 8.28.